The molecular weight excluding hydrogens is 260 g/mol. The fourth-order valence-corrected chi connectivity index (χ4v) is 2.98. The lowest BCUT2D eigenvalue weighted by atomic mass is 9.96. The van der Waals surface area contributed by atoms with Crippen molar-refractivity contribution < 1.29 is 9.90 Å². The maximum Gasteiger partial charge on any atom is 0.323 e. The van der Waals surface area contributed by atoms with Gasteiger partial charge in [-0.05, 0) is 38.4 Å². The number of nitrogens with one attached hydrogen (secondary N) is 1. The molecule has 2 unspecified atom stereocenters. The van der Waals surface area contributed by atoms with Crippen LogP contribution in [0.1, 0.15) is 33.6 Å². The van der Waals surface area contributed by atoms with Crippen molar-refractivity contribution in [3.8, 4) is 0 Å². The third-order valence-corrected chi connectivity index (χ3v) is 3.94. The maximum atomic E-state index is 11.4. The number of carbonyl (C=O) groups is 1. The molecule has 0 spiro atoms. The zero-order valence-corrected chi connectivity index (χ0v) is 12.5. The standard InChI is InChI=1S/C14H22N2O2S/c1-4-8-16-14(3,13(17)18)10-11(2)19-12-7-5-6-9-15-12/h5-7,9,11,16H,4,8,10H2,1-3H3,(H,17,18). The first-order valence-corrected chi connectivity index (χ1v) is 7.42. The van der Waals surface area contributed by atoms with Crippen molar-refractivity contribution >= 4 is 17.7 Å². The van der Waals surface area contributed by atoms with Crippen LogP contribution in [0.4, 0.5) is 0 Å². The van der Waals surface area contributed by atoms with E-state index < -0.39 is 11.5 Å². The van der Waals surface area contributed by atoms with Gasteiger partial charge in [-0.25, -0.2) is 4.98 Å². The SMILES string of the molecule is CCCNC(C)(CC(C)Sc1ccccn1)C(=O)O. The lowest BCUT2D eigenvalue weighted by Gasteiger charge is -2.28. The Hall–Kier alpha value is -1.07. The largest absolute Gasteiger partial charge is 0.480 e. The van der Waals surface area contributed by atoms with E-state index in [2.05, 4.69) is 10.3 Å². The zero-order chi connectivity index (χ0) is 14.3. The molecular formula is C14H22N2O2S. The van der Waals surface area contributed by atoms with Crippen LogP contribution in [0.3, 0.4) is 0 Å². The van der Waals surface area contributed by atoms with Gasteiger partial charge in [0.25, 0.3) is 0 Å². The number of aliphatic carboxylic acids is 1. The Balaban J connectivity index is 2.61. The molecule has 1 heterocycles. The minimum atomic E-state index is -0.878. The molecule has 5 heteroatoms. The molecule has 0 radical (unpaired) electrons. The third-order valence-electron chi connectivity index (χ3n) is 2.89. The number of carboxylic acid groups (broad SMARTS) is 1. The molecule has 2 atom stereocenters. The molecule has 1 rings (SSSR count). The highest BCUT2D eigenvalue weighted by molar-refractivity contribution is 7.99. The molecule has 19 heavy (non-hydrogen) atoms. The average molecular weight is 282 g/mol. The van der Waals surface area contributed by atoms with Gasteiger partial charge in [-0.2, -0.15) is 0 Å². The Morgan fingerprint density at radius 2 is 2.32 bits per heavy atom. The lowest BCUT2D eigenvalue weighted by molar-refractivity contribution is -0.144. The van der Waals surface area contributed by atoms with Crippen molar-refractivity contribution in [3.05, 3.63) is 24.4 Å². The number of nitrogens with zero attached hydrogens (tertiary/aromatic N) is 1. The molecule has 0 aliphatic rings. The Bertz CT molecular complexity index is 400. The minimum absolute atomic E-state index is 0.181. The fourth-order valence-electron chi connectivity index (χ4n) is 1.88. The summed E-state index contributed by atoms with van der Waals surface area (Å²) in [6, 6.07) is 5.76. The third kappa shape index (κ3) is 5.20. The number of pyridine rings is 1. The van der Waals surface area contributed by atoms with Crippen LogP contribution in [-0.2, 0) is 4.79 Å². The Labute approximate surface area is 119 Å². The summed E-state index contributed by atoms with van der Waals surface area (Å²) >= 11 is 1.61. The quantitative estimate of drug-likeness (QED) is 0.718. The summed E-state index contributed by atoms with van der Waals surface area (Å²) in [6.07, 6.45) is 3.23. The van der Waals surface area contributed by atoms with Gasteiger partial charge in [-0.1, -0.05) is 19.9 Å². The van der Waals surface area contributed by atoms with Gasteiger partial charge in [0.15, 0.2) is 0 Å². The van der Waals surface area contributed by atoms with Crippen LogP contribution in [0.25, 0.3) is 0 Å². The number of aromatic nitrogens is 1. The van der Waals surface area contributed by atoms with Crippen molar-refractivity contribution in [2.45, 2.75) is 49.4 Å². The normalized spacial score (nSPS) is 15.7. The Morgan fingerprint density at radius 3 is 2.84 bits per heavy atom. The van der Waals surface area contributed by atoms with Gasteiger partial charge >= 0.3 is 5.97 Å². The number of hydrogen-bond acceptors (Lipinski definition) is 4. The van der Waals surface area contributed by atoms with Crippen LogP contribution in [0, 0.1) is 0 Å². The summed E-state index contributed by atoms with van der Waals surface area (Å²) in [5.74, 6) is -0.797. The zero-order valence-electron chi connectivity index (χ0n) is 11.7. The second kappa shape index (κ2) is 7.50. The fraction of sp³-hybridized carbons (Fsp3) is 0.571. The first-order valence-electron chi connectivity index (χ1n) is 6.54. The van der Waals surface area contributed by atoms with E-state index in [1.165, 1.54) is 0 Å². The van der Waals surface area contributed by atoms with Gasteiger partial charge in [0.2, 0.25) is 0 Å². The highest BCUT2D eigenvalue weighted by Crippen LogP contribution is 2.27. The van der Waals surface area contributed by atoms with Crippen molar-refractivity contribution in [1.82, 2.24) is 10.3 Å². The summed E-state index contributed by atoms with van der Waals surface area (Å²) in [7, 11) is 0. The van der Waals surface area contributed by atoms with Crippen LogP contribution in [-0.4, -0.2) is 33.4 Å². The first-order chi connectivity index (χ1) is 8.98. The molecule has 2 N–H and O–H groups in total. The lowest BCUT2D eigenvalue weighted by Crippen LogP contribution is -2.51. The molecule has 0 fully saturated rings. The summed E-state index contributed by atoms with van der Waals surface area (Å²) in [4.78, 5) is 15.7. The molecule has 0 saturated carbocycles. The van der Waals surface area contributed by atoms with Crippen LogP contribution in [0.15, 0.2) is 29.4 Å². The summed E-state index contributed by atoms with van der Waals surface area (Å²) < 4.78 is 0. The molecule has 106 valence electrons. The highest BCUT2D eigenvalue weighted by Gasteiger charge is 2.34. The monoisotopic (exact) mass is 282 g/mol. The molecule has 1 aromatic heterocycles. The van der Waals surface area contributed by atoms with E-state index in [0.717, 1.165) is 11.4 Å². The maximum absolute atomic E-state index is 11.4. The van der Waals surface area contributed by atoms with Crippen molar-refractivity contribution in [3.63, 3.8) is 0 Å². The van der Waals surface area contributed by atoms with Gasteiger partial charge in [0.05, 0.1) is 5.03 Å². The number of carboxylic acids is 1. The van der Waals surface area contributed by atoms with Gasteiger partial charge in [0.1, 0.15) is 5.54 Å². The van der Waals surface area contributed by atoms with E-state index in [1.807, 2.05) is 32.0 Å². The van der Waals surface area contributed by atoms with E-state index in [-0.39, 0.29) is 5.25 Å². The van der Waals surface area contributed by atoms with E-state index in [9.17, 15) is 9.90 Å². The summed E-state index contributed by atoms with van der Waals surface area (Å²) in [6.45, 7) is 6.53. The number of hydrogen-bond donors (Lipinski definition) is 2. The molecule has 0 aromatic carbocycles. The smallest absolute Gasteiger partial charge is 0.323 e. The van der Waals surface area contributed by atoms with Crippen molar-refractivity contribution in [2.75, 3.05) is 6.54 Å². The van der Waals surface area contributed by atoms with Crippen molar-refractivity contribution in [1.29, 1.82) is 0 Å². The molecule has 0 amide bonds. The predicted octanol–water partition coefficient (Wildman–Crippen LogP) is 2.80. The second-order valence-electron chi connectivity index (χ2n) is 4.86. The Kier molecular flexibility index (Phi) is 6.31. The van der Waals surface area contributed by atoms with E-state index >= 15 is 0 Å². The summed E-state index contributed by atoms with van der Waals surface area (Å²) in [5, 5.41) is 13.6. The van der Waals surface area contributed by atoms with E-state index in [1.54, 1.807) is 24.9 Å². The molecule has 0 aliphatic heterocycles. The van der Waals surface area contributed by atoms with Gasteiger partial charge in [0, 0.05) is 11.4 Å². The van der Waals surface area contributed by atoms with Crippen LogP contribution in [0.2, 0.25) is 0 Å². The van der Waals surface area contributed by atoms with Crippen LogP contribution < -0.4 is 5.32 Å². The van der Waals surface area contributed by atoms with Crippen LogP contribution >= 0.6 is 11.8 Å². The van der Waals surface area contributed by atoms with E-state index in [4.69, 9.17) is 0 Å². The minimum Gasteiger partial charge on any atom is -0.480 e. The first kappa shape index (κ1) is 16.0. The van der Waals surface area contributed by atoms with Gasteiger partial charge in [-0.15, -0.1) is 11.8 Å². The molecule has 4 nitrogen and oxygen atoms in total. The van der Waals surface area contributed by atoms with Crippen molar-refractivity contribution in [2.24, 2.45) is 0 Å². The Morgan fingerprint density at radius 1 is 1.58 bits per heavy atom. The molecule has 0 aliphatic carbocycles. The average Bonchev–Trinajstić information content (AvgIpc) is 2.37. The second-order valence-corrected chi connectivity index (χ2v) is 6.32. The topological polar surface area (TPSA) is 62.2 Å². The number of thioether (sulfide) groups is 1. The summed E-state index contributed by atoms with van der Waals surface area (Å²) in [5.41, 5.74) is -0.878. The molecule has 0 saturated heterocycles. The number of rotatable bonds is 8. The van der Waals surface area contributed by atoms with E-state index in [0.29, 0.717) is 13.0 Å². The molecule has 0 bridgehead atoms. The highest BCUT2D eigenvalue weighted by atomic mass is 32.2. The predicted molar refractivity (Wildman–Crippen MR) is 78.5 cm³/mol. The van der Waals surface area contributed by atoms with Gasteiger partial charge < -0.3 is 10.4 Å². The molecule has 1 aromatic rings. The van der Waals surface area contributed by atoms with Gasteiger partial charge in [-0.3, -0.25) is 4.79 Å². The van der Waals surface area contributed by atoms with Crippen LogP contribution in [0.5, 0.6) is 0 Å².